The molecule has 1 amide bonds. The lowest BCUT2D eigenvalue weighted by Crippen LogP contribution is -2.66. The third-order valence-electron chi connectivity index (χ3n) is 8.77. The Morgan fingerprint density at radius 2 is 1.62 bits per heavy atom. The molecular formula is C37H44N6O6Si. The number of carbonyl (C=O) groups excluding carboxylic acids is 1. The first-order chi connectivity index (χ1) is 24.0. The van der Waals surface area contributed by atoms with Crippen LogP contribution in [0, 0.1) is 0 Å². The summed E-state index contributed by atoms with van der Waals surface area (Å²) in [6.07, 6.45) is 2.28. The van der Waals surface area contributed by atoms with Crippen molar-refractivity contribution in [2.45, 2.75) is 58.2 Å². The number of anilines is 2. The van der Waals surface area contributed by atoms with E-state index in [1.807, 2.05) is 12.1 Å². The molecule has 0 saturated carbocycles. The normalized spacial score (nSPS) is 12.4. The molecule has 50 heavy (non-hydrogen) atoms. The van der Waals surface area contributed by atoms with Crippen molar-refractivity contribution in [3.05, 3.63) is 96.2 Å². The molecule has 3 aromatic carbocycles. The van der Waals surface area contributed by atoms with E-state index in [1.54, 1.807) is 23.0 Å². The van der Waals surface area contributed by atoms with Gasteiger partial charge < -0.3 is 24.3 Å². The van der Waals surface area contributed by atoms with Crippen molar-refractivity contribution in [3.8, 4) is 5.75 Å². The van der Waals surface area contributed by atoms with Crippen LogP contribution in [-0.2, 0) is 15.7 Å². The van der Waals surface area contributed by atoms with Crippen LogP contribution in [0.4, 0.5) is 16.6 Å². The first-order valence-corrected chi connectivity index (χ1v) is 18.4. The van der Waals surface area contributed by atoms with Gasteiger partial charge in [-0.2, -0.15) is 10.1 Å². The molecule has 13 heteroatoms. The number of benzene rings is 3. The van der Waals surface area contributed by atoms with Gasteiger partial charge in [0.1, 0.15) is 16.8 Å². The molecule has 12 nitrogen and oxygen atoms in total. The Morgan fingerprint density at radius 3 is 2.18 bits per heavy atom. The van der Waals surface area contributed by atoms with Gasteiger partial charge in [0.05, 0.1) is 32.5 Å². The van der Waals surface area contributed by atoms with Gasteiger partial charge in [0.15, 0.2) is 5.82 Å². The lowest BCUT2D eigenvalue weighted by atomic mass is 10.1. The number of rotatable bonds is 14. The summed E-state index contributed by atoms with van der Waals surface area (Å²) in [6, 6.07) is 25.7. The maximum Gasteiger partial charge on any atom is 0.413 e. The molecule has 5 aromatic rings. The van der Waals surface area contributed by atoms with Crippen LogP contribution < -0.4 is 25.7 Å². The molecule has 262 valence electrons. The number of methoxy groups -OCH3 is 2. The van der Waals surface area contributed by atoms with Gasteiger partial charge in [-0.3, -0.25) is 10.00 Å². The molecule has 0 spiro atoms. The van der Waals surface area contributed by atoms with Crippen LogP contribution in [0.3, 0.4) is 0 Å². The number of carbonyl (C=O) groups is 2. The monoisotopic (exact) mass is 696 g/mol. The van der Waals surface area contributed by atoms with Gasteiger partial charge in [0.25, 0.3) is 8.32 Å². The number of carboxylic acids is 1. The van der Waals surface area contributed by atoms with E-state index in [0.29, 0.717) is 41.2 Å². The summed E-state index contributed by atoms with van der Waals surface area (Å²) in [6.45, 7) is 9.52. The zero-order chi connectivity index (χ0) is 35.9. The van der Waals surface area contributed by atoms with E-state index in [1.165, 1.54) is 30.7 Å². The summed E-state index contributed by atoms with van der Waals surface area (Å²) in [5, 5.41) is 22.6. The van der Waals surface area contributed by atoms with Crippen LogP contribution in [0.2, 0.25) is 5.04 Å². The minimum absolute atomic E-state index is 0.0512. The summed E-state index contributed by atoms with van der Waals surface area (Å²) in [7, 11) is 0.0542. The molecule has 0 aliphatic rings. The first-order valence-electron chi connectivity index (χ1n) is 16.5. The molecule has 0 radical (unpaired) electrons. The van der Waals surface area contributed by atoms with E-state index >= 15 is 0 Å². The largest absolute Gasteiger partial charge is 0.496 e. The topological polar surface area (TPSA) is 150 Å². The fourth-order valence-electron chi connectivity index (χ4n) is 6.30. The van der Waals surface area contributed by atoms with Crippen molar-refractivity contribution >= 4 is 53.6 Å². The van der Waals surface area contributed by atoms with Crippen LogP contribution >= 0.6 is 0 Å². The zero-order valence-corrected chi connectivity index (χ0v) is 30.3. The fourth-order valence-corrected chi connectivity index (χ4v) is 10.9. The molecule has 0 aliphatic carbocycles. The van der Waals surface area contributed by atoms with Gasteiger partial charge in [-0.25, -0.2) is 14.6 Å². The third kappa shape index (κ3) is 7.63. The average Bonchev–Trinajstić information content (AvgIpc) is 3.52. The Balaban J connectivity index is 1.48. The Morgan fingerprint density at radius 1 is 0.960 bits per heavy atom. The summed E-state index contributed by atoms with van der Waals surface area (Å²) in [5.74, 6) is -0.0284. The molecule has 0 saturated heterocycles. The smallest absolute Gasteiger partial charge is 0.413 e. The average molecular weight is 697 g/mol. The van der Waals surface area contributed by atoms with Crippen molar-refractivity contribution in [1.29, 1.82) is 0 Å². The molecular weight excluding hydrogens is 653 g/mol. The molecule has 0 aliphatic heterocycles. The Bertz CT molecular complexity index is 1890. The number of hydrogen-bond donors (Lipinski definition) is 3. The molecule has 5 rings (SSSR count). The molecule has 1 unspecified atom stereocenters. The number of nitrogens with zero attached hydrogens (tertiary/aromatic N) is 4. The Kier molecular flexibility index (Phi) is 11.2. The van der Waals surface area contributed by atoms with Crippen molar-refractivity contribution in [1.82, 2.24) is 19.7 Å². The highest BCUT2D eigenvalue weighted by atomic mass is 28.4. The van der Waals surface area contributed by atoms with Gasteiger partial charge >= 0.3 is 12.1 Å². The zero-order valence-electron chi connectivity index (χ0n) is 29.3. The number of hydrogen-bond acceptors (Lipinski definition) is 9. The van der Waals surface area contributed by atoms with Crippen LogP contribution in [0.5, 0.6) is 5.75 Å². The maximum absolute atomic E-state index is 12.1. The van der Waals surface area contributed by atoms with Crippen LogP contribution in [-0.4, -0.2) is 72.1 Å². The van der Waals surface area contributed by atoms with Crippen molar-refractivity contribution in [2.75, 3.05) is 31.5 Å². The Labute approximate surface area is 293 Å². The maximum atomic E-state index is 12.1. The van der Waals surface area contributed by atoms with E-state index < -0.39 is 20.4 Å². The fraction of sp³-hybridized carbons (Fsp3) is 0.324. The number of aromatic carboxylic acids is 1. The van der Waals surface area contributed by atoms with E-state index in [0.717, 1.165) is 6.42 Å². The van der Waals surface area contributed by atoms with E-state index in [9.17, 15) is 14.7 Å². The number of carboxylic acid groups (broad SMARTS) is 1. The van der Waals surface area contributed by atoms with E-state index in [-0.39, 0.29) is 29.1 Å². The van der Waals surface area contributed by atoms with Crippen LogP contribution in [0.25, 0.3) is 11.0 Å². The highest BCUT2D eigenvalue weighted by Crippen LogP contribution is 2.37. The number of amides is 1. The number of aromatic nitrogens is 4. The van der Waals surface area contributed by atoms with Gasteiger partial charge in [-0.05, 0) is 46.5 Å². The van der Waals surface area contributed by atoms with E-state index in [2.05, 4.69) is 102 Å². The van der Waals surface area contributed by atoms with Gasteiger partial charge in [0.2, 0.25) is 5.95 Å². The second-order valence-electron chi connectivity index (χ2n) is 12.9. The summed E-state index contributed by atoms with van der Waals surface area (Å²) >= 11 is 0. The number of nitrogens with one attached hydrogen (secondary N) is 2. The van der Waals surface area contributed by atoms with Gasteiger partial charge in [-0.15, -0.1) is 0 Å². The third-order valence-corrected chi connectivity index (χ3v) is 13.8. The molecule has 2 aromatic heterocycles. The lowest BCUT2D eigenvalue weighted by molar-refractivity contribution is 0.0696. The second kappa shape index (κ2) is 15.5. The minimum atomic E-state index is -2.74. The van der Waals surface area contributed by atoms with Crippen molar-refractivity contribution in [3.63, 3.8) is 0 Å². The molecule has 3 N–H and O–H groups in total. The van der Waals surface area contributed by atoms with Crippen LogP contribution in [0.15, 0.2) is 85.1 Å². The van der Waals surface area contributed by atoms with E-state index in [4.69, 9.17) is 13.9 Å². The molecule has 0 bridgehead atoms. The van der Waals surface area contributed by atoms with Gasteiger partial charge in [-0.1, -0.05) is 88.4 Å². The lowest BCUT2D eigenvalue weighted by Gasteiger charge is -2.43. The molecule has 0 fully saturated rings. The highest BCUT2D eigenvalue weighted by Gasteiger charge is 2.50. The molecule has 1 atom stereocenters. The second-order valence-corrected chi connectivity index (χ2v) is 17.2. The number of ether oxygens (including phenoxy) is 2. The SMILES string of the molecule is CCC(CCO[Si](c1ccccc1)(c1ccccc1)C(C)(C)C)Nc1nc(NC(=O)OC)nc2cnn(Cc3cc(C(=O)O)ccc3OC)c12. The predicted molar refractivity (Wildman–Crippen MR) is 196 cm³/mol. The highest BCUT2D eigenvalue weighted by molar-refractivity contribution is 6.99. The van der Waals surface area contributed by atoms with Crippen molar-refractivity contribution in [2.24, 2.45) is 0 Å². The summed E-state index contributed by atoms with van der Waals surface area (Å²) in [5.41, 5.74) is 1.80. The van der Waals surface area contributed by atoms with Gasteiger partial charge in [0, 0.05) is 18.2 Å². The standard InChI is InChI=1S/C37H44N6O6Si/c1-7-27(20-21-49-50(37(2,3)4,28-14-10-8-11-15-28)29-16-12-9-13-17-29)39-33-32-30(40-35(41-33)42-36(46)48-6)23-38-43(32)24-26-22-25(34(44)45)18-19-31(26)47-5/h8-19,22-23,27H,7,20-21,24H2,1-6H3,(H,44,45)(H2,39,40,41,42,46). The number of fused-ring (bicyclic) bond motifs is 1. The first kappa shape index (κ1) is 36.0. The minimum Gasteiger partial charge on any atom is -0.496 e. The predicted octanol–water partition coefficient (Wildman–Crippen LogP) is 5.92. The summed E-state index contributed by atoms with van der Waals surface area (Å²) < 4.78 is 19.2. The summed E-state index contributed by atoms with van der Waals surface area (Å²) in [4.78, 5) is 33.1. The Hall–Kier alpha value is -5.27. The molecule has 2 heterocycles. The quantitative estimate of drug-likeness (QED) is 0.120. The van der Waals surface area contributed by atoms with Crippen molar-refractivity contribution < 1.29 is 28.6 Å². The van der Waals surface area contributed by atoms with Crippen LogP contribution in [0.1, 0.15) is 56.5 Å².